The number of halogens is 4. The second-order valence-corrected chi connectivity index (χ2v) is 9.31. The molecule has 6 nitrogen and oxygen atoms in total. The van der Waals surface area contributed by atoms with Crippen LogP contribution in [0.15, 0.2) is 42.5 Å². The summed E-state index contributed by atoms with van der Waals surface area (Å²) in [4.78, 5) is 18.4. The van der Waals surface area contributed by atoms with E-state index in [1.54, 1.807) is 11.0 Å². The molecule has 1 atom stereocenters. The van der Waals surface area contributed by atoms with Crippen molar-refractivity contribution in [2.24, 2.45) is 5.92 Å². The maximum atomic E-state index is 14.0. The molecular weight excluding hydrogens is 478 g/mol. The molecule has 2 fully saturated rings. The van der Waals surface area contributed by atoms with Crippen molar-refractivity contribution in [2.45, 2.75) is 25.6 Å². The quantitative estimate of drug-likeness (QED) is 0.512. The lowest BCUT2D eigenvalue weighted by molar-refractivity contribution is -0.137. The normalized spacial score (nSPS) is 19.3. The number of ether oxygens (including phenoxy) is 2. The van der Waals surface area contributed by atoms with Gasteiger partial charge in [0, 0.05) is 50.9 Å². The molecule has 2 heterocycles. The van der Waals surface area contributed by atoms with Gasteiger partial charge in [-0.15, -0.1) is 0 Å². The van der Waals surface area contributed by atoms with Crippen molar-refractivity contribution >= 4 is 11.8 Å². The van der Waals surface area contributed by atoms with Gasteiger partial charge in [0.15, 0.2) is 11.6 Å². The van der Waals surface area contributed by atoms with Crippen molar-refractivity contribution < 1.29 is 31.8 Å². The van der Waals surface area contributed by atoms with Gasteiger partial charge in [0.2, 0.25) is 0 Å². The van der Waals surface area contributed by atoms with E-state index in [-0.39, 0.29) is 23.6 Å². The summed E-state index contributed by atoms with van der Waals surface area (Å²) in [6.07, 6.45) is -2.78. The highest BCUT2D eigenvalue weighted by Crippen LogP contribution is 2.31. The van der Waals surface area contributed by atoms with Crippen LogP contribution in [0.3, 0.4) is 0 Å². The van der Waals surface area contributed by atoms with Crippen molar-refractivity contribution in [1.29, 1.82) is 0 Å². The Morgan fingerprint density at radius 2 is 1.75 bits per heavy atom. The molecular formula is C26H31F4N3O3. The van der Waals surface area contributed by atoms with Crippen LogP contribution in [0.25, 0.3) is 0 Å². The van der Waals surface area contributed by atoms with Crippen LogP contribution in [0.1, 0.15) is 24.0 Å². The Hall–Kier alpha value is -3.01. The molecule has 0 spiro atoms. The molecule has 1 amide bonds. The summed E-state index contributed by atoms with van der Waals surface area (Å²) in [7, 11) is 1.44. The lowest BCUT2D eigenvalue weighted by atomic mass is 9.98. The number of benzene rings is 2. The molecule has 0 aromatic heterocycles. The molecule has 0 saturated carbocycles. The van der Waals surface area contributed by atoms with Gasteiger partial charge in [-0.25, -0.2) is 9.18 Å². The van der Waals surface area contributed by atoms with Gasteiger partial charge >= 0.3 is 12.3 Å². The molecule has 2 aliphatic rings. The van der Waals surface area contributed by atoms with Gasteiger partial charge in [0.05, 0.1) is 19.3 Å². The number of anilines is 1. The van der Waals surface area contributed by atoms with E-state index in [4.69, 9.17) is 9.47 Å². The van der Waals surface area contributed by atoms with Crippen molar-refractivity contribution in [1.82, 2.24) is 9.80 Å². The van der Waals surface area contributed by atoms with Gasteiger partial charge in [-0.1, -0.05) is 6.07 Å². The minimum Gasteiger partial charge on any atom is -0.494 e. The summed E-state index contributed by atoms with van der Waals surface area (Å²) < 4.78 is 62.9. The van der Waals surface area contributed by atoms with E-state index >= 15 is 0 Å². The monoisotopic (exact) mass is 509 g/mol. The predicted octanol–water partition coefficient (Wildman–Crippen LogP) is 5.02. The molecule has 0 N–H and O–H groups in total. The third-order valence-corrected chi connectivity index (χ3v) is 6.77. The average molecular weight is 510 g/mol. The Morgan fingerprint density at radius 1 is 1.03 bits per heavy atom. The zero-order chi connectivity index (χ0) is 25.7. The smallest absolute Gasteiger partial charge is 0.416 e. The number of hydrogen-bond acceptors (Lipinski definition) is 5. The molecule has 196 valence electrons. The molecule has 0 bridgehead atoms. The SMILES string of the molecule is COc1ccc(CN2CCCC(COC(=O)N3CCN(c4ccc(C(F)(F)F)cc4)CC3)C2)cc1F. The van der Waals surface area contributed by atoms with E-state index in [1.165, 1.54) is 25.3 Å². The van der Waals surface area contributed by atoms with Crippen molar-refractivity contribution in [2.75, 3.05) is 57.9 Å². The van der Waals surface area contributed by atoms with E-state index in [2.05, 4.69) is 4.90 Å². The first-order valence-electron chi connectivity index (χ1n) is 12.1. The summed E-state index contributed by atoms with van der Waals surface area (Å²) in [5.74, 6) is 0.0533. The first-order chi connectivity index (χ1) is 17.2. The van der Waals surface area contributed by atoms with Crippen molar-refractivity contribution in [3.8, 4) is 5.75 Å². The highest BCUT2D eigenvalue weighted by atomic mass is 19.4. The van der Waals surface area contributed by atoms with Crippen LogP contribution in [0, 0.1) is 11.7 Å². The summed E-state index contributed by atoms with van der Waals surface area (Å²) >= 11 is 0. The van der Waals surface area contributed by atoms with Gasteiger partial charge < -0.3 is 19.3 Å². The molecule has 2 aromatic carbocycles. The third kappa shape index (κ3) is 6.60. The van der Waals surface area contributed by atoms with Gasteiger partial charge in [-0.3, -0.25) is 4.90 Å². The van der Waals surface area contributed by atoms with Crippen LogP contribution in [-0.2, 0) is 17.5 Å². The fraction of sp³-hybridized carbons (Fsp3) is 0.500. The number of hydrogen-bond donors (Lipinski definition) is 0. The number of carbonyl (C=O) groups is 1. The summed E-state index contributed by atoms with van der Waals surface area (Å²) in [6.45, 7) is 4.56. The number of amides is 1. The molecule has 0 aliphatic carbocycles. The summed E-state index contributed by atoms with van der Waals surface area (Å²) in [6, 6.07) is 10.1. The standard InChI is InChI=1S/C26H31F4N3O3/c1-35-24-9-4-19(15-23(24)27)16-31-10-2-3-20(17-31)18-36-25(34)33-13-11-32(12-14-33)22-7-5-21(6-8-22)26(28,29)30/h4-9,15,20H,2-3,10-14,16-18H2,1H3. The first-order valence-corrected chi connectivity index (χ1v) is 12.1. The molecule has 2 saturated heterocycles. The number of piperazine rings is 1. The Labute approximate surface area is 208 Å². The fourth-order valence-corrected chi connectivity index (χ4v) is 4.79. The largest absolute Gasteiger partial charge is 0.494 e. The second-order valence-electron chi connectivity index (χ2n) is 9.31. The zero-order valence-electron chi connectivity index (χ0n) is 20.3. The number of alkyl halides is 3. The number of methoxy groups -OCH3 is 1. The molecule has 1 unspecified atom stereocenters. The van der Waals surface area contributed by atoms with Crippen LogP contribution >= 0.6 is 0 Å². The Balaban J connectivity index is 1.21. The molecule has 0 radical (unpaired) electrons. The molecule has 36 heavy (non-hydrogen) atoms. The number of rotatable bonds is 6. The molecule has 10 heteroatoms. The highest BCUT2D eigenvalue weighted by molar-refractivity contribution is 5.68. The topological polar surface area (TPSA) is 45.3 Å². The number of nitrogens with zero attached hydrogens (tertiary/aromatic N) is 3. The van der Waals surface area contributed by atoms with Crippen LogP contribution in [-0.4, -0.2) is 68.9 Å². The molecule has 2 aliphatic heterocycles. The number of likely N-dealkylation sites (tertiary alicyclic amines) is 1. The number of carbonyl (C=O) groups excluding carboxylic acids is 1. The Morgan fingerprint density at radius 3 is 2.39 bits per heavy atom. The Kier molecular flexibility index (Phi) is 8.23. The minimum absolute atomic E-state index is 0.208. The maximum absolute atomic E-state index is 14.0. The molecule has 4 rings (SSSR count). The first kappa shape index (κ1) is 26.1. The minimum atomic E-state index is -4.36. The zero-order valence-corrected chi connectivity index (χ0v) is 20.3. The molecule has 2 aromatic rings. The second kappa shape index (κ2) is 11.4. The van der Waals surface area contributed by atoms with Crippen molar-refractivity contribution in [3.63, 3.8) is 0 Å². The van der Waals surface area contributed by atoms with Gasteiger partial charge in [0.1, 0.15) is 0 Å². The Bertz CT molecular complexity index is 1020. The predicted molar refractivity (Wildman–Crippen MR) is 128 cm³/mol. The lowest BCUT2D eigenvalue weighted by Gasteiger charge is -2.36. The van der Waals surface area contributed by atoms with E-state index in [0.29, 0.717) is 45.0 Å². The van der Waals surface area contributed by atoms with E-state index in [1.807, 2.05) is 11.0 Å². The summed E-state index contributed by atoms with van der Waals surface area (Å²) in [5.41, 5.74) is 0.901. The highest BCUT2D eigenvalue weighted by Gasteiger charge is 2.31. The number of piperidine rings is 1. The summed E-state index contributed by atoms with van der Waals surface area (Å²) in [5, 5.41) is 0. The lowest BCUT2D eigenvalue weighted by Crippen LogP contribution is -2.49. The van der Waals surface area contributed by atoms with E-state index in [9.17, 15) is 22.4 Å². The van der Waals surface area contributed by atoms with Crippen molar-refractivity contribution in [3.05, 3.63) is 59.4 Å². The van der Waals surface area contributed by atoms with Crippen LogP contribution in [0.5, 0.6) is 5.75 Å². The fourth-order valence-electron chi connectivity index (χ4n) is 4.79. The van der Waals surface area contributed by atoms with Gasteiger partial charge in [0.25, 0.3) is 0 Å². The van der Waals surface area contributed by atoms with Crippen LogP contribution in [0.2, 0.25) is 0 Å². The van der Waals surface area contributed by atoms with Gasteiger partial charge in [-0.05, 0) is 61.3 Å². The van der Waals surface area contributed by atoms with E-state index < -0.39 is 11.7 Å². The van der Waals surface area contributed by atoms with Crippen LogP contribution < -0.4 is 9.64 Å². The third-order valence-electron chi connectivity index (χ3n) is 6.77. The van der Waals surface area contributed by atoms with E-state index in [0.717, 1.165) is 43.6 Å². The van der Waals surface area contributed by atoms with Gasteiger partial charge in [-0.2, -0.15) is 13.2 Å². The van der Waals surface area contributed by atoms with Crippen LogP contribution in [0.4, 0.5) is 28.0 Å². The average Bonchev–Trinajstić information content (AvgIpc) is 2.87. The maximum Gasteiger partial charge on any atom is 0.416 e.